The maximum Gasteiger partial charge on any atom is 0.416 e. The van der Waals surface area contributed by atoms with Crippen LogP contribution in [-0.4, -0.2) is 63.3 Å². The minimum absolute atomic E-state index is 0.0863. The van der Waals surface area contributed by atoms with E-state index in [1.807, 2.05) is 14.1 Å². The zero-order chi connectivity index (χ0) is 28.3. The van der Waals surface area contributed by atoms with E-state index in [1.165, 1.54) is 12.1 Å². The molecule has 3 heterocycles. The second-order valence-electron chi connectivity index (χ2n) is 10.1. The summed E-state index contributed by atoms with van der Waals surface area (Å²) in [6, 6.07) is 11.1. The number of aromatic nitrogens is 3. The van der Waals surface area contributed by atoms with Crippen LogP contribution in [0.1, 0.15) is 45.6 Å². The van der Waals surface area contributed by atoms with Crippen molar-refractivity contribution in [3.63, 3.8) is 0 Å². The second-order valence-corrected chi connectivity index (χ2v) is 10.1. The predicted molar refractivity (Wildman–Crippen MR) is 147 cm³/mol. The van der Waals surface area contributed by atoms with Crippen LogP contribution >= 0.6 is 0 Å². The Morgan fingerprint density at radius 1 is 1.10 bits per heavy atom. The third-order valence-electron chi connectivity index (χ3n) is 7.13. The van der Waals surface area contributed by atoms with Crippen LogP contribution in [0.15, 0.2) is 67.3 Å². The van der Waals surface area contributed by atoms with Crippen molar-refractivity contribution in [2.45, 2.75) is 31.6 Å². The van der Waals surface area contributed by atoms with E-state index in [0.717, 1.165) is 32.0 Å². The summed E-state index contributed by atoms with van der Waals surface area (Å²) in [5.41, 5.74) is 1.75. The zero-order valence-electron chi connectivity index (χ0n) is 22.2. The standard InChI is InChI=1S/C30H29F3N6O/c1-37(2)25-10-13-38(14-11-25)20-23-7-8-24(17-27(23)30(31,32)33)36-29(40)22-5-3-4-21(16-22)6-9-26-18-35-28-19-34-12-15-39(26)28/h3-5,7-8,12,15-19,25H,10-11,13-14,20H2,1-2H3,(H,36,40). The Morgan fingerprint density at radius 3 is 2.65 bits per heavy atom. The number of likely N-dealkylation sites (tertiary alicyclic amines) is 1. The van der Waals surface area contributed by atoms with Crippen LogP contribution in [0.2, 0.25) is 0 Å². The summed E-state index contributed by atoms with van der Waals surface area (Å²) in [5.74, 6) is 5.53. The van der Waals surface area contributed by atoms with E-state index >= 15 is 0 Å². The summed E-state index contributed by atoms with van der Waals surface area (Å²) in [6.07, 6.45) is 3.95. The summed E-state index contributed by atoms with van der Waals surface area (Å²) >= 11 is 0. The Hall–Kier alpha value is -4.20. The minimum Gasteiger partial charge on any atom is -0.322 e. The lowest BCUT2D eigenvalue weighted by atomic mass is 10.0. The van der Waals surface area contributed by atoms with Gasteiger partial charge in [0.2, 0.25) is 0 Å². The van der Waals surface area contributed by atoms with Gasteiger partial charge in [-0.25, -0.2) is 4.98 Å². The molecular formula is C30H29F3N6O. The van der Waals surface area contributed by atoms with Crippen molar-refractivity contribution >= 4 is 17.2 Å². The van der Waals surface area contributed by atoms with Gasteiger partial charge in [-0.05, 0) is 81.8 Å². The van der Waals surface area contributed by atoms with E-state index in [2.05, 4.69) is 36.9 Å². The molecular weight excluding hydrogens is 517 g/mol. The number of alkyl halides is 3. The number of fused-ring (bicyclic) bond motifs is 1. The van der Waals surface area contributed by atoms with Crippen molar-refractivity contribution in [1.82, 2.24) is 24.2 Å². The van der Waals surface area contributed by atoms with Crippen molar-refractivity contribution in [3.8, 4) is 11.8 Å². The number of anilines is 1. The largest absolute Gasteiger partial charge is 0.416 e. The fraction of sp³-hybridized carbons (Fsp3) is 0.300. The monoisotopic (exact) mass is 546 g/mol. The molecule has 1 saturated heterocycles. The van der Waals surface area contributed by atoms with Gasteiger partial charge < -0.3 is 10.2 Å². The lowest BCUT2D eigenvalue weighted by molar-refractivity contribution is -0.138. The molecule has 40 heavy (non-hydrogen) atoms. The summed E-state index contributed by atoms with van der Waals surface area (Å²) in [6.45, 7) is 1.70. The van der Waals surface area contributed by atoms with Crippen molar-refractivity contribution in [3.05, 3.63) is 95.2 Å². The molecule has 1 N–H and O–H groups in total. The van der Waals surface area contributed by atoms with Crippen LogP contribution in [0.25, 0.3) is 5.65 Å². The molecule has 10 heteroatoms. The van der Waals surface area contributed by atoms with Crippen molar-refractivity contribution in [2.24, 2.45) is 0 Å². The molecule has 0 atom stereocenters. The van der Waals surface area contributed by atoms with Crippen LogP contribution in [0, 0.1) is 11.8 Å². The molecule has 4 aromatic rings. The SMILES string of the molecule is CN(C)C1CCN(Cc2ccc(NC(=O)c3cccc(C#Cc4cnc5cnccn45)c3)cc2C(F)(F)F)CC1. The number of benzene rings is 2. The van der Waals surface area contributed by atoms with Crippen LogP contribution < -0.4 is 5.32 Å². The Bertz CT molecular complexity index is 1580. The molecule has 7 nitrogen and oxygen atoms in total. The Labute approximate surface area is 230 Å². The molecule has 0 radical (unpaired) electrons. The average molecular weight is 547 g/mol. The maximum absolute atomic E-state index is 14.0. The van der Waals surface area contributed by atoms with Gasteiger partial charge in [0.1, 0.15) is 5.69 Å². The average Bonchev–Trinajstić information content (AvgIpc) is 3.36. The number of carbonyl (C=O) groups is 1. The highest BCUT2D eigenvalue weighted by Crippen LogP contribution is 2.35. The lowest BCUT2D eigenvalue weighted by Crippen LogP contribution is -2.41. The molecule has 0 spiro atoms. The van der Waals surface area contributed by atoms with Crippen molar-refractivity contribution < 1.29 is 18.0 Å². The lowest BCUT2D eigenvalue weighted by Gasteiger charge is -2.35. The molecule has 1 aliphatic heterocycles. The summed E-state index contributed by atoms with van der Waals surface area (Å²) in [7, 11) is 4.06. The van der Waals surface area contributed by atoms with Gasteiger partial charge in [-0.2, -0.15) is 13.2 Å². The van der Waals surface area contributed by atoms with Crippen molar-refractivity contribution in [2.75, 3.05) is 32.5 Å². The third-order valence-corrected chi connectivity index (χ3v) is 7.13. The Balaban J connectivity index is 1.30. The zero-order valence-corrected chi connectivity index (χ0v) is 22.2. The predicted octanol–water partition coefficient (Wildman–Crippen LogP) is 4.93. The first-order valence-corrected chi connectivity index (χ1v) is 13.0. The summed E-state index contributed by atoms with van der Waals surface area (Å²) in [5, 5.41) is 2.61. The molecule has 0 unspecified atom stereocenters. The van der Waals surface area contributed by atoms with E-state index in [9.17, 15) is 18.0 Å². The van der Waals surface area contributed by atoms with Gasteiger partial charge in [0.25, 0.3) is 5.91 Å². The van der Waals surface area contributed by atoms with Gasteiger partial charge in [0, 0.05) is 41.8 Å². The molecule has 0 aliphatic carbocycles. The van der Waals surface area contributed by atoms with Crippen molar-refractivity contribution in [1.29, 1.82) is 0 Å². The first-order chi connectivity index (χ1) is 19.2. The summed E-state index contributed by atoms with van der Waals surface area (Å²) in [4.78, 5) is 25.4. The molecule has 0 bridgehead atoms. The van der Waals surface area contributed by atoms with Gasteiger partial charge in [-0.1, -0.05) is 18.1 Å². The molecule has 1 fully saturated rings. The Morgan fingerprint density at radius 2 is 1.90 bits per heavy atom. The highest BCUT2D eigenvalue weighted by atomic mass is 19.4. The van der Waals surface area contributed by atoms with Crippen LogP contribution in [0.5, 0.6) is 0 Å². The highest BCUT2D eigenvalue weighted by molar-refractivity contribution is 6.04. The van der Waals surface area contributed by atoms with Gasteiger partial charge in [-0.3, -0.25) is 19.1 Å². The van der Waals surface area contributed by atoms with Gasteiger partial charge in [-0.15, -0.1) is 0 Å². The van der Waals surface area contributed by atoms with Gasteiger partial charge in [0.15, 0.2) is 5.65 Å². The van der Waals surface area contributed by atoms with E-state index in [-0.39, 0.29) is 23.4 Å². The number of nitrogens with one attached hydrogen (secondary N) is 1. The molecule has 206 valence electrons. The fourth-order valence-electron chi connectivity index (χ4n) is 4.90. The number of carbonyl (C=O) groups excluding carboxylic acids is 1. The normalized spacial score (nSPS) is 14.8. The molecule has 0 saturated carbocycles. The number of nitrogens with zero attached hydrogens (tertiary/aromatic N) is 5. The molecule has 5 rings (SSSR count). The molecule has 1 aliphatic rings. The molecule has 2 aromatic carbocycles. The van der Waals surface area contributed by atoms with E-state index < -0.39 is 17.6 Å². The van der Waals surface area contributed by atoms with Crippen LogP contribution in [-0.2, 0) is 12.7 Å². The highest BCUT2D eigenvalue weighted by Gasteiger charge is 2.34. The van der Waals surface area contributed by atoms with E-state index in [0.29, 0.717) is 22.9 Å². The number of imidazole rings is 1. The van der Waals surface area contributed by atoms with Gasteiger partial charge >= 0.3 is 6.18 Å². The quantitative estimate of drug-likeness (QED) is 0.360. The van der Waals surface area contributed by atoms with Crippen LogP contribution in [0.3, 0.4) is 0 Å². The first kappa shape index (κ1) is 27.4. The number of halogens is 3. The summed E-state index contributed by atoms with van der Waals surface area (Å²) < 4.78 is 43.8. The minimum atomic E-state index is -4.54. The Kier molecular flexibility index (Phi) is 7.87. The number of amides is 1. The second kappa shape index (κ2) is 11.5. The van der Waals surface area contributed by atoms with E-state index in [1.54, 1.807) is 53.5 Å². The molecule has 2 aromatic heterocycles. The fourth-order valence-corrected chi connectivity index (χ4v) is 4.90. The number of rotatable bonds is 5. The number of piperidine rings is 1. The van der Waals surface area contributed by atoms with Gasteiger partial charge in [0.05, 0.1) is 18.0 Å². The number of hydrogen-bond acceptors (Lipinski definition) is 5. The molecule has 1 amide bonds. The maximum atomic E-state index is 14.0. The first-order valence-electron chi connectivity index (χ1n) is 13.0. The number of hydrogen-bond donors (Lipinski definition) is 1. The van der Waals surface area contributed by atoms with E-state index in [4.69, 9.17) is 0 Å². The topological polar surface area (TPSA) is 65.8 Å². The van der Waals surface area contributed by atoms with Crippen LogP contribution in [0.4, 0.5) is 18.9 Å². The smallest absolute Gasteiger partial charge is 0.322 e. The third kappa shape index (κ3) is 6.33.